The number of nitrogens with zero attached hydrogens (tertiary/aromatic N) is 1. The number of ether oxygens (including phenoxy) is 3. The predicted molar refractivity (Wildman–Crippen MR) is 114 cm³/mol. The Morgan fingerprint density at radius 1 is 0.966 bits per heavy atom. The Morgan fingerprint density at radius 3 is 2.45 bits per heavy atom. The van der Waals surface area contributed by atoms with Crippen molar-refractivity contribution in [3.8, 4) is 22.1 Å². The average Bonchev–Trinajstić information content (AvgIpc) is 3.21. The number of carbonyl (C=O) groups is 1. The van der Waals surface area contributed by atoms with Crippen molar-refractivity contribution in [2.75, 3.05) is 14.2 Å². The topological polar surface area (TPSA) is 57.7 Å². The van der Waals surface area contributed by atoms with Gasteiger partial charge in [-0.15, -0.1) is 11.3 Å². The van der Waals surface area contributed by atoms with Gasteiger partial charge in [0.2, 0.25) is 0 Å². The molecular formula is C23H19NO4S. The van der Waals surface area contributed by atoms with Crippen LogP contribution < -0.4 is 9.47 Å². The van der Waals surface area contributed by atoms with E-state index in [2.05, 4.69) is 4.98 Å². The maximum Gasteiger partial charge on any atom is 0.338 e. The lowest BCUT2D eigenvalue weighted by Gasteiger charge is -2.14. The van der Waals surface area contributed by atoms with Crippen molar-refractivity contribution in [2.45, 2.75) is 6.61 Å². The second kappa shape index (κ2) is 8.32. The molecule has 146 valence electrons. The van der Waals surface area contributed by atoms with Crippen molar-refractivity contribution in [1.82, 2.24) is 4.98 Å². The zero-order chi connectivity index (χ0) is 20.2. The number of carbonyl (C=O) groups excluding carboxylic acids is 1. The lowest BCUT2D eigenvalue weighted by Crippen LogP contribution is -2.06. The fraction of sp³-hybridized carbons (Fsp3) is 0.130. The molecule has 0 unspecified atom stereocenters. The molecule has 0 saturated carbocycles. The first kappa shape index (κ1) is 19.0. The summed E-state index contributed by atoms with van der Waals surface area (Å²) >= 11 is 1.51. The number of rotatable bonds is 6. The summed E-state index contributed by atoms with van der Waals surface area (Å²) in [5.74, 6) is 0.552. The molecule has 4 aromatic rings. The van der Waals surface area contributed by atoms with Gasteiger partial charge in [-0.1, -0.05) is 42.5 Å². The monoisotopic (exact) mass is 405 g/mol. The number of hydrogen-bond donors (Lipinski definition) is 0. The third-order valence-electron chi connectivity index (χ3n) is 4.47. The van der Waals surface area contributed by atoms with Crippen LogP contribution in [0.15, 0.2) is 66.7 Å². The van der Waals surface area contributed by atoms with Gasteiger partial charge in [0.05, 0.1) is 30.0 Å². The number of fused-ring (bicyclic) bond motifs is 1. The fourth-order valence-electron chi connectivity index (χ4n) is 3.01. The number of aromatic nitrogens is 1. The second-order valence-corrected chi connectivity index (χ2v) is 7.33. The van der Waals surface area contributed by atoms with Gasteiger partial charge >= 0.3 is 5.97 Å². The Labute approximate surface area is 172 Å². The third kappa shape index (κ3) is 3.93. The Bertz CT molecular complexity index is 1120. The van der Waals surface area contributed by atoms with Crippen LogP contribution in [-0.2, 0) is 11.3 Å². The lowest BCUT2D eigenvalue weighted by molar-refractivity contribution is 0.0601. The lowest BCUT2D eigenvalue weighted by atomic mass is 10.1. The van der Waals surface area contributed by atoms with Gasteiger partial charge in [0, 0.05) is 5.56 Å². The number of para-hydroxylation sites is 1. The molecule has 0 radical (unpaired) electrons. The summed E-state index contributed by atoms with van der Waals surface area (Å²) in [5.41, 5.74) is 2.94. The minimum atomic E-state index is -0.452. The number of methoxy groups -OCH3 is 2. The van der Waals surface area contributed by atoms with E-state index < -0.39 is 5.97 Å². The molecule has 6 heteroatoms. The molecule has 0 saturated heterocycles. The van der Waals surface area contributed by atoms with Crippen molar-refractivity contribution in [1.29, 1.82) is 0 Å². The summed E-state index contributed by atoms with van der Waals surface area (Å²) < 4.78 is 17.5. The molecule has 0 bridgehead atoms. The highest BCUT2D eigenvalue weighted by Crippen LogP contribution is 2.39. The Morgan fingerprint density at radius 2 is 1.72 bits per heavy atom. The first-order chi connectivity index (χ1) is 14.2. The highest BCUT2D eigenvalue weighted by Gasteiger charge is 2.21. The maximum atomic E-state index is 12.5. The van der Waals surface area contributed by atoms with Crippen LogP contribution in [0.4, 0.5) is 0 Å². The Balaban J connectivity index is 1.77. The van der Waals surface area contributed by atoms with Gasteiger partial charge in [-0.05, 0) is 29.8 Å². The standard InChI is InChI=1S/C23H19NO4S/c1-26-19-12-16(22-24-18-10-6-7-11-21(18)29-22)17(23(25)27-2)13-20(19)28-14-15-8-4-3-5-9-15/h3-13H,14H2,1-2H3. The van der Waals surface area contributed by atoms with Gasteiger partial charge in [-0.2, -0.15) is 0 Å². The van der Waals surface area contributed by atoms with E-state index in [0.717, 1.165) is 20.8 Å². The number of esters is 1. The molecule has 5 nitrogen and oxygen atoms in total. The molecule has 0 spiro atoms. The molecule has 1 heterocycles. The first-order valence-electron chi connectivity index (χ1n) is 9.02. The molecule has 0 aliphatic carbocycles. The molecular weight excluding hydrogens is 386 g/mol. The molecule has 0 atom stereocenters. The number of thiazole rings is 1. The van der Waals surface area contributed by atoms with Crippen molar-refractivity contribution in [2.24, 2.45) is 0 Å². The Hall–Kier alpha value is -3.38. The van der Waals surface area contributed by atoms with E-state index in [1.54, 1.807) is 19.2 Å². The van der Waals surface area contributed by atoms with Crippen molar-refractivity contribution < 1.29 is 19.0 Å². The number of benzene rings is 3. The summed E-state index contributed by atoms with van der Waals surface area (Å²) in [6.07, 6.45) is 0. The fourth-order valence-corrected chi connectivity index (χ4v) is 4.01. The van der Waals surface area contributed by atoms with Gasteiger partial charge in [0.15, 0.2) is 11.5 Å². The van der Waals surface area contributed by atoms with E-state index in [-0.39, 0.29) is 0 Å². The summed E-state index contributed by atoms with van der Waals surface area (Å²) in [4.78, 5) is 17.2. The van der Waals surface area contributed by atoms with E-state index in [0.29, 0.717) is 29.2 Å². The summed E-state index contributed by atoms with van der Waals surface area (Å²) in [7, 11) is 2.93. The van der Waals surface area contributed by atoms with Crippen molar-refractivity contribution >= 4 is 27.5 Å². The molecule has 4 rings (SSSR count). The molecule has 0 fully saturated rings. The third-order valence-corrected chi connectivity index (χ3v) is 5.54. The SMILES string of the molecule is COC(=O)c1cc(OCc2ccccc2)c(OC)cc1-c1nc2ccccc2s1. The van der Waals surface area contributed by atoms with E-state index in [1.165, 1.54) is 18.4 Å². The van der Waals surface area contributed by atoms with Crippen molar-refractivity contribution in [3.63, 3.8) is 0 Å². The number of hydrogen-bond acceptors (Lipinski definition) is 6. The summed E-state index contributed by atoms with van der Waals surface area (Å²) in [6.45, 7) is 0.359. The highest BCUT2D eigenvalue weighted by molar-refractivity contribution is 7.21. The maximum absolute atomic E-state index is 12.5. The molecule has 0 aliphatic rings. The molecule has 29 heavy (non-hydrogen) atoms. The van der Waals surface area contributed by atoms with Crippen LogP contribution in [0.25, 0.3) is 20.8 Å². The van der Waals surface area contributed by atoms with Crippen LogP contribution >= 0.6 is 11.3 Å². The zero-order valence-corrected chi connectivity index (χ0v) is 16.9. The quantitative estimate of drug-likeness (QED) is 0.406. The second-order valence-electron chi connectivity index (χ2n) is 6.30. The largest absolute Gasteiger partial charge is 0.493 e. The average molecular weight is 405 g/mol. The van der Waals surface area contributed by atoms with E-state index in [1.807, 2.05) is 54.6 Å². The van der Waals surface area contributed by atoms with E-state index in [9.17, 15) is 4.79 Å². The van der Waals surface area contributed by atoms with Crippen LogP contribution in [0, 0.1) is 0 Å². The van der Waals surface area contributed by atoms with Gasteiger partial charge in [-0.3, -0.25) is 0 Å². The van der Waals surface area contributed by atoms with Gasteiger partial charge < -0.3 is 14.2 Å². The first-order valence-corrected chi connectivity index (χ1v) is 9.84. The van der Waals surface area contributed by atoms with E-state index in [4.69, 9.17) is 14.2 Å². The van der Waals surface area contributed by atoms with Crippen LogP contribution in [-0.4, -0.2) is 25.2 Å². The smallest absolute Gasteiger partial charge is 0.338 e. The summed E-state index contributed by atoms with van der Waals surface area (Å²) in [6, 6.07) is 21.1. The van der Waals surface area contributed by atoms with Gasteiger partial charge in [-0.25, -0.2) is 9.78 Å². The molecule has 0 N–H and O–H groups in total. The minimum absolute atomic E-state index is 0.359. The van der Waals surface area contributed by atoms with Crippen LogP contribution in [0.2, 0.25) is 0 Å². The summed E-state index contributed by atoms with van der Waals surface area (Å²) in [5, 5.41) is 0.722. The molecule has 0 aliphatic heterocycles. The molecule has 0 amide bonds. The van der Waals surface area contributed by atoms with Gasteiger partial charge in [0.1, 0.15) is 11.6 Å². The molecule has 1 aromatic heterocycles. The van der Waals surface area contributed by atoms with Gasteiger partial charge in [0.25, 0.3) is 0 Å². The predicted octanol–water partition coefficient (Wildman–Crippen LogP) is 5.34. The minimum Gasteiger partial charge on any atom is -0.493 e. The van der Waals surface area contributed by atoms with Crippen LogP contribution in [0.1, 0.15) is 15.9 Å². The van der Waals surface area contributed by atoms with Crippen molar-refractivity contribution in [3.05, 3.63) is 77.9 Å². The van der Waals surface area contributed by atoms with Crippen LogP contribution in [0.5, 0.6) is 11.5 Å². The normalized spacial score (nSPS) is 10.7. The Kier molecular flexibility index (Phi) is 5.44. The zero-order valence-electron chi connectivity index (χ0n) is 16.0. The van der Waals surface area contributed by atoms with E-state index >= 15 is 0 Å². The van der Waals surface area contributed by atoms with Crippen LogP contribution in [0.3, 0.4) is 0 Å². The highest BCUT2D eigenvalue weighted by atomic mass is 32.1. The molecule has 3 aromatic carbocycles.